The van der Waals surface area contributed by atoms with Crippen molar-refractivity contribution < 1.29 is 4.74 Å². The molecule has 4 heterocycles. The molecule has 0 radical (unpaired) electrons. The summed E-state index contributed by atoms with van der Waals surface area (Å²) in [5.41, 5.74) is 2.92. The summed E-state index contributed by atoms with van der Waals surface area (Å²) in [6.07, 6.45) is 5.63. The van der Waals surface area contributed by atoms with Crippen LogP contribution >= 0.6 is 0 Å². The van der Waals surface area contributed by atoms with Crippen molar-refractivity contribution >= 4 is 0 Å². The smallest absolute Gasteiger partial charge is 0.267 e. The average molecular weight is 494 g/mol. The molecule has 1 aliphatic rings. The molecule has 0 atom stereocenters. The van der Waals surface area contributed by atoms with Crippen LogP contribution in [0.2, 0.25) is 0 Å². The average Bonchev–Trinajstić information content (AvgIpc) is 2.94. The highest BCUT2D eigenvalue weighted by molar-refractivity contribution is 5.60. The predicted octanol–water partition coefficient (Wildman–Crippen LogP) is 3.40. The van der Waals surface area contributed by atoms with E-state index in [4.69, 9.17) is 4.74 Å². The lowest BCUT2D eigenvalue weighted by atomic mass is 9.98. The fraction of sp³-hybridized carbons (Fsp3) is 0.286. The van der Waals surface area contributed by atoms with Crippen molar-refractivity contribution in [3.8, 4) is 34.6 Å². The van der Waals surface area contributed by atoms with Gasteiger partial charge in [0, 0.05) is 11.6 Å². The van der Waals surface area contributed by atoms with Gasteiger partial charge in [-0.25, -0.2) is 19.6 Å². The molecule has 1 fully saturated rings. The number of hydrogen-bond acceptors (Lipinski definition) is 8. The molecule has 0 bridgehead atoms. The second-order valence-corrected chi connectivity index (χ2v) is 9.22. The number of likely N-dealkylation sites (tertiary alicyclic amines) is 1. The first-order chi connectivity index (χ1) is 18.1. The zero-order valence-electron chi connectivity index (χ0n) is 20.6. The normalized spacial score (nSPS) is 14.3. The van der Waals surface area contributed by atoms with E-state index in [9.17, 15) is 10.1 Å². The van der Waals surface area contributed by atoms with Crippen LogP contribution in [0.3, 0.4) is 0 Å². The van der Waals surface area contributed by atoms with Gasteiger partial charge in [0.05, 0.1) is 48.6 Å². The molecule has 4 aromatic rings. The van der Waals surface area contributed by atoms with E-state index in [0.29, 0.717) is 46.7 Å². The summed E-state index contributed by atoms with van der Waals surface area (Å²) < 4.78 is 7.28. The number of pyridine rings is 1. The van der Waals surface area contributed by atoms with Gasteiger partial charge in [-0.1, -0.05) is 18.2 Å². The second kappa shape index (κ2) is 11.1. The van der Waals surface area contributed by atoms with Gasteiger partial charge < -0.3 is 9.64 Å². The fourth-order valence-corrected chi connectivity index (χ4v) is 4.28. The molecule has 0 saturated carbocycles. The molecule has 9 heteroatoms. The number of ether oxygens (including phenoxy) is 1. The first-order valence-corrected chi connectivity index (χ1v) is 12.3. The van der Waals surface area contributed by atoms with Crippen molar-refractivity contribution in [3.05, 3.63) is 88.6 Å². The Balaban J connectivity index is 1.28. The first-order valence-electron chi connectivity index (χ1n) is 12.3. The number of hydrogen-bond donors (Lipinski definition) is 0. The van der Waals surface area contributed by atoms with E-state index in [1.807, 2.05) is 24.3 Å². The van der Waals surface area contributed by atoms with Gasteiger partial charge >= 0.3 is 0 Å². The minimum atomic E-state index is -0.241. The minimum absolute atomic E-state index is 0.191. The summed E-state index contributed by atoms with van der Waals surface area (Å²) in [6, 6.07) is 17.9. The standard InChI is InChI=1S/C28H27N7O2/c1-34-12-10-20(11-13-34)19-37-24-16-30-28(31-17-24)26-7-3-6-23(32-26)18-35-27(36)9-8-25(33-35)22-5-2-4-21(14-22)15-29/h2-9,14,16-17,20H,10-13,18-19H2,1H3. The zero-order valence-corrected chi connectivity index (χ0v) is 20.6. The Morgan fingerprint density at radius 3 is 2.59 bits per heavy atom. The zero-order chi connectivity index (χ0) is 25.6. The summed E-state index contributed by atoms with van der Waals surface area (Å²) >= 11 is 0. The molecule has 9 nitrogen and oxygen atoms in total. The van der Waals surface area contributed by atoms with Gasteiger partial charge in [0.2, 0.25) is 0 Å². The Morgan fingerprint density at radius 2 is 1.81 bits per heavy atom. The van der Waals surface area contributed by atoms with E-state index in [0.717, 1.165) is 31.5 Å². The molecule has 1 saturated heterocycles. The highest BCUT2D eigenvalue weighted by Gasteiger charge is 2.17. The molecule has 3 aromatic heterocycles. The van der Waals surface area contributed by atoms with Gasteiger partial charge in [-0.2, -0.15) is 10.4 Å². The van der Waals surface area contributed by atoms with Crippen molar-refractivity contribution in [1.82, 2.24) is 29.6 Å². The Kier molecular flexibility index (Phi) is 7.28. The lowest BCUT2D eigenvalue weighted by Gasteiger charge is -2.28. The van der Waals surface area contributed by atoms with Crippen LogP contribution in [0.5, 0.6) is 5.75 Å². The molecule has 1 aromatic carbocycles. The predicted molar refractivity (Wildman–Crippen MR) is 139 cm³/mol. The van der Waals surface area contributed by atoms with Crippen LogP contribution in [0.1, 0.15) is 24.1 Å². The van der Waals surface area contributed by atoms with Crippen LogP contribution in [-0.4, -0.2) is 56.4 Å². The topological polar surface area (TPSA) is 110 Å². The van der Waals surface area contributed by atoms with Crippen molar-refractivity contribution in [2.24, 2.45) is 5.92 Å². The molecule has 5 rings (SSSR count). The summed E-state index contributed by atoms with van der Waals surface area (Å²) in [6.45, 7) is 3.07. The highest BCUT2D eigenvalue weighted by Crippen LogP contribution is 2.20. The van der Waals surface area contributed by atoms with Crippen LogP contribution < -0.4 is 10.3 Å². The highest BCUT2D eigenvalue weighted by atomic mass is 16.5. The number of piperidine rings is 1. The van der Waals surface area contributed by atoms with Gasteiger partial charge in [0.15, 0.2) is 11.6 Å². The SMILES string of the molecule is CN1CCC(COc2cnc(-c3cccc(Cn4nc(-c5cccc(C#N)c5)ccc4=O)n3)nc2)CC1. The number of nitriles is 1. The third-order valence-corrected chi connectivity index (χ3v) is 6.45. The van der Waals surface area contributed by atoms with Gasteiger partial charge in [-0.3, -0.25) is 4.79 Å². The maximum absolute atomic E-state index is 12.5. The Morgan fingerprint density at radius 1 is 1.03 bits per heavy atom. The third kappa shape index (κ3) is 6.05. The summed E-state index contributed by atoms with van der Waals surface area (Å²) in [4.78, 5) is 28.4. The van der Waals surface area contributed by atoms with Crippen molar-refractivity contribution in [2.75, 3.05) is 26.7 Å². The quantitative estimate of drug-likeness (QED) is 0.385. The second-order valence-electron chi connectivity index (χ2n) is 9.22. The fourth-order valence-electron chi connectivity index (χ4n) is 4.28. The molecule has 186 valence electrons. The van der Waals surface area contributed by atoms with E-state index < -0.39 is 0 Å². The van der Waals surface area contributed by atoms with Crippen molar-refractivity contribution in [3.63, 3.8) is 0 Å². The van der Waals surface area contributed by atoms with Gasteiger partial charge in [0.1, 0.15) is 5.69 Å². The molecule has 0 unspecified atom stereocenters. The van der Waals surface area contributed by atoms with Crippen LogP contribution in [0.4, 0.5) is 0 Å². The largest absolute Gasteiger partial charge is 0.490 e. The van der Waals surface area contributed by atoms with Crippen LogP contribution in [0.25, 0.3) is 22.8 Å². The maximum atomic E-state index is 12.5. The summed E-state index contributed by atoms with van der Waals surface area (Å²) in [7, 11) is 2.15. The molecule has 0 N–H and O–H groups in total. The Labute approximate surface area is 215 Å². The van der Waals surface area contributed by atoms with Crippen LogP contribution in [0, 0.1) is 17.2 Å². The molecule has 0 aliphatic carbocycles. The van der Waals surface area contributed by atoms with E-state index in [1.54, 1.807) is 36.7 Å². The monoisotopic (exact) mass is 493 g/mol. The van der Waals surface area contributed by atoms with Crippen LogP contribution in [-0.2, 0) is 6.54 Å². The van der Waals surface area contributed by atoms with E-state index in [-0.39, 0.29) is 12.1 Å². The van der Waals surface area contributed by atoms with E-state index in [2.05, 4.69) is 38.1 Å². The lowest BCUT2D eigenvalue weighted by molar-refractivity contribution is 0.159. The van der Waals surface area contributed by atoms with Crippen molar-refractivity contribution in [2.45, 2.75) is 19.4 Å². The minimum Gasteiger partial charge on any atom is -0.490 e. The van der Waals surface area contributed by atoms with E-state index >= 15 is 0 Å². The van der Waals surface area contributed by atoms with Gasteiger partial charge in [-0.05, 0) is 69.2 Å². The number of aromatic nitrogens is 5. The number of nitrogens with zero attached hydrogens (tertiary/aromatic N) is 7. The molecular formula is C28H27N7O2. The van der Waals surface area contributed by atoms with Gasteiger partial charge in [0.25, 0.3) is 5.56 Å². The third-order valence-electron chi connectivity index (χ3n) is 6.45. The lowest BCUT2D eigenvalue weighted by Crippen LogP contribution is -2.32. The van der Waals surface area contributed by atoms with E-state index in [1.165, 1.54) is 10.7 Å². The molecule has 1 aliphatic heterocycles. The number of benzene rings is 1. The van der Waals surface area contributed by atoms with Crippen LogP contribution in [0.15, 0.2) is 71.8 Å². The maximum Gasteiger partial charge on any atom is 0.267 e. The summed E-state index contributed by atoms with van der Waals surface area (Å²) in [5.74, 6) is 1.68. The molecule has 0 amide bonds. The van der Waals surface area contributed by atoms with Gasteiger partial charge in [-0.15, -0.1) is 0 Å². The first kappa shape index (κ1) is 24.3. The molecule has 0 spiro atoms. The Hall–Kier alpha value is -4.42. The van der Waals surface area contributed by atoms with Crippen molar-refractivity contribution in [1.29, 1.82) is 5.26 Å². The Bertz CT molecular complexity index is 1470. The molecule has 37 heavy (non-hydrogen) atoms. The number of rotatable bonds is 7. The molecular weight excluding hydrogens is 466 g/mol. The summed E-state index contributed by atoms with van der Waals surface area (Å²) in [5, 5.41) is 13.7.